The highest BCUT2D eigenvalue weighted by Crippen LogP contribution is 2.67. The lowest BCUT2D eigenvalue weighted by molar-refractivity contribution is -0.122. The van der Waals surface area contributed by atoms with Gasteiger partial charge < -0.3 is 9.84 Å². The van der Waals surface area contributed by atoms with Crippen LogP contribution in [0, 0.1) is 46.3 Å². The van der Waals surface area contributed by atoms with E-state index < -0.39 is 6.16 Å². The SMILES string of the molecule is CC(C)CCC[C@@H](C)[C@H]1CC[C@H]2[C@@H]3CC=C4CC(=O)CC[C@]4(C)[C@H]3CC[C@]12C.CCCCOC(=O)O. The molecule has 0 radical (unpaired) electrons. The summed E-state index contributed by atoms with van der Waals surface area (Å²) in [6, 6.07) is 0. The van der Waals surface area contributed by atoms with Gasteiger partial charge in [-0.15, -0.1) is 0 Å². The molecule has 7 atom stereocenters. The lowest BCUT2D eigenvalue weighted by Crippen LogP contribution is -2.50. The van der Waals surface area contributed by atoms with Crippen LogP contribution in [-0.4, -0.2) is 23.7 Å². The van der Waals surface area contributed by atoms with Crippen molar-refractivity contribution in [3.05, 3.63) is 11.6 Å². The molecular formula is C32H54O4. The number of rotatable bonds is 8. The van der Waals surface area contributed by atoms with Crippen LogP contribution in [0.5, 0.6) is 0 Å². The number of ketones is 1. The number of fused-ring (bicyclic) bond motifs is 5. The molecule has 36 heavy (non-hydrogen) atoms. The van der Waals surface area contributed by atoms with Gasteiger partial charge in [0.25, 0.3) is 0 Å². The molecule has 4 nitrogen and oxygen atoms in total. The molecule has 0 unspecified atom stereocenters. The van der Waals surface area contributed by atoms with Gasteiger partial charge in [-0.1, -0.05) is 78.9 Å². The van der Waals surface area contributed by atoms with Crippen LogP contribution in [0.1, 0.15) is 125 Å². The van der Waals surface area contributed by atoms with E-state index in [0.29, 0.717) is 23.2 Å². The smallest absolute Gasteiger partial charge is 0.450 e. The van der Waals surface area contributed by atoms with E-state index in [2.05, 4.69) is 45.4 Å². The third kappa shape index (κ3) is 6.38. The third-order valence-electron chi connectivity index (χ3n) is 10.9. The summed E-state index contributed by atoms with van der Waals surface area (Å²) in [5, 5.41) is 7.92. The molecule has 4 heteroatoms. The Morgan fingerprint density at radius 2 is 1.83 bits per heavy atom. The van der Waals surface area contributed by atoms with E-state index in [0.717, 1.165) is 67.6 Å². The third-order valence-corrected chi connectivity index (χ3v) is 10.9. The first-order chi connectivity index (χ1) is 17.0. The first-order valence-electron chi connectivity index (χ1n) is 15.1. The summed E-state index contributed by atoms with van der Waals surface area (Å²) < 4.78 is 4.20. The van der Waals surface area contributed by atoms with Crippen LogP contribution >= 0.6 is 0 Å². The van der Waals surface area contributed by atoms with E-state index >= 15 is 0 Å². The maximum absolute atomic E-state index is 12.1. The fourth-order valence-corrected chi connectivity index (χ4v) is 8.81. The van der Waals surface area contributed by atoms with E-state index in [1.807, 2.05) is 6.92 Å². The zero-order chi connectivity index (χ0) is 26.5. The second-order valence-electron chi connectivity index (χ2n) is 13.5. The monoisotopic (exact) mass is 502 g/mol. The maximum atomic E-state index is 12.1. The second kappa shape index (κ2) is 12.5. The van der Waals surface area contributed by atoms with Crippen molar-refractivity contribution in [1.82, 2.24) is 0 Å². The van der Waals surface area contributed by atoms with Gasteiger partial charge in [-0.25, -0.2) is 4.79 Å². The molecule has 4 aliphatic rings. The number of carbonyl (C=O) groups excluding carboxylic acids is 1. The van der Waals surface area contributed by atoms with Crippen LogP contribution in [0.4, 0.5) is 4.79 Å². The minimum absolute atomic E-state index is 0.325. The molecule has 4 aliphatic carbocycles. The average Bonchev–Trinajstić information content (AvgIpc) is 3.17. The number of hydrogen-bond acceptors (Lipinski definition) is 3. The number of Topliss-reactive ketones (excluding diaryl/α,β-unsaturated/α-hetero) is 1. The number of carbonyl (C=O) groups is 2. The molecule has 206 valence electrons. The van der Waals surface area contributed by atoms with Gasteiger partial charge in [0.15, 0.2) is 0 Å². The zero-order valence-electron chi connectivity index (χ0n) is 24.1. The van der Waals surface area contributed by atoms with Crippen LogP contribution in [0.2, 0.25) is 0 Å². The number of carboxylic acid groups (broad SMARTS) is 1. The summed E-state index contributed by atoms with van der Waals surface area (Å²) in [4.78, 5) is 21.7. The molecule has 0 spiro atoms. The highest BCUT2D eigenvalue weighted by molar-refractivity contribution is 5.82. The molecule has 0 aromatic rings. The molecule has 4 rings (SSSR count). The molecule has 3 fully saturated rings. The van der Waals surface area contributed by atoms with Crippen molar-refractivity contribution in [3.63, 3.8) is 0 Å². The average molecular weight is 503 g/mol. The Kier molecular flexibility index (Phi) is 10.1. The highest BCUT2D eigenvalue weighted by Gasteiger charge is 2.59. The van der Waals surface area contributed by atoms with Crippen LogP contribution in [0.25, 0.3) is 0 Å². The Morgan fingerprint density at radius 3 is 2.50 bits per heavy atom. The van der Waals surface area contributed by atoms with E-state index in [-0.39, 0.29) is 0 Å². The summed E-state index contributed by atoms with van der Waals surface area (Å²) in [6.07, 6.45) is 17.1. The number of allylic oxidation sites excluding steroid dienone is 2. The van der Waals surface area contributed by atoms with E-state index in [4.69, 9.17) is 5.11 Å². The van der Waals surface area contributed by atoms with Gasteiger partial charge in [0.1, 0.15) is 5.78 Å². The lowest BCUT2D eigenvalue weighted by Gasteiger charge is -2.58. The lowest BCUT2D eigenvalue weighted by atomic mass is 9.47. The second-order valence-corrected chi connectivity index (χ2v) is 13.5. The number of ether oxygens (including phenoxy) is 1. The van der Waals surface area contributed by atoms with Gasteiger partial charge in [-0.05, 0) is 91.3 Å². The highest BCUT2D eigenvalue weighted by atomic mass is 16.7. The summed E-state index contributed by atoms with van der Waals surface area (Å²) in [5.74, 6) is 5.82. The van der Waals surface area contributed by atoms with Gasteiger partial charge in [-0.2, -0.15) is 0 Å². The Balaban J connectivity index is 0.000000392. The van der Waals surface area contributed by atoms with Gasteiger partial charge in [0.05, 0.1) is 6.61 Å². The summed E-state index contributed by atoms with van der Waals surface area (Å²) in [6.45, 7) is 14.8. The summed E-state index contributed by atoms with van der Waals surface area (Å²) in [7, 11) is 0. The normalized spacial score (nSPS) is 36.1. The van der Waals surface area contributed by atoms with Gasteiger partial charge >= 0.3 is 6.16 Å². The summed E-state index contributed by atoms with van der Waals surface area (Å²) >= 11 is 0. The molecule has 0 saturated heterocycles. The standard InChI is InChI=1S/C27H44O.C5H10O3/c1-18(2)7-6-8-19(3)23-11-12-24-22-10-9-20-17-21(28)13-15-26(20,4)25(22)14-16-27(23,24)5;1-2-3-4-8-5(6)7/h9,18-19,22-25H,6-8,10-17H2,1-5H3;2-4H2,1H3,(H,6,7)/t19-,22+,23-,24+,25+,26+,27-;/m1./s1. The molecule has 0 aromatic carbocycles. The molecule has 3 saturated carbocycles. The molecule has 0 aliphatic heterocycles. The minimum atomic E-state index is -1.18. The molecule has 0 bridgehead atoms. The van der Waals surface area contributed by atoms with E-state index in [9.17, 15) is 9.59 Å². The van der Waals surface area contributed by atoms with Crippen molar-refractivity contribution in [2.45, 2.75) is 125 Å². The van der Waals surface area contributed by atoms with Crippen LogP contribution in [0.3, 0.4) is 0 Å². The van der Waals surface area contributed by atoms with Crippen molar-refractivity contribution in [2.75, 3.05) is 6.61 Å². The molecule has 0 heterocycles. The first-order valence-corrected chi connectivity index (χ1v) is 15.1. The Morgan fingerprint density at radius 1 is 1.08 bits per heavy atom. The number of hydrogen-bond donors (Lipinski definition) is 1. The quantitative estimate of drug-likeness (QED) is 0.204. The van der Waals surface area contributed by atoms with Crippen molar-refractivity contribution < 1.29 is 19.4 Å². The van der Waals surface area contributed by atoms with Crippen LogP contribution in [-0.2, 0) is 9.53 Å². The van der Waals surface area contributed by atoms with E-state index in [1.54, 1.807) is 0 Å². The zero-order valence-corrected chi connectivity index (χ0v) is 24.1. The van der Waals surface area contributed by atoms with Crippen molar-refractivity contribution in [2.24, 2.45) is 46.3 Å². The molecule has 0 aromatic heterocycles. The Labute approximate surface area is 221 Å². The maximum Gasteiger partial charge on any atom is 0.505 e. The van der Waals surface area contributed by atoms with Gasteiger partial charge in [0, 0.05) is 12.8 Å². The van der Waals surface area contributed by atoms with Gasteiger partial charge in [0.2, 0.25) is 0 Å². The number of unbranched alkanes of at least 4 members (excludes halogenated alkanes) is 1. The van der Waals surface area contributed by atoms with Crippen molar-refractivity contribution in [1.29, 1.82) is 0 Å². The first kappa shape index (κ1) is 29.2. The van der Waals surface area contributed by atoms with Crippen LogP contribution < -0.4 is 0 Å². The van der Waals surface area contributed by atoms with Crippen molar-refractivity contribution >= 4 is 11.9 Å². The molecule has 0 amide bonds. The minimum Gasteiger partial charge on any atom is -0.450 e. The fourth-order valence-electron chi connectivity index (χ4n) is 8.81. The fraction of sp³-hybridized carbons (Fsp3) is 0.875. The topological polar surface area (TPSA) is 63.6 Å². The van der Waals surface area contributed by atoms with Crippen LogP contribution in [0.15, 0.2) is 11.6 Å². The molecule has 1 N–H and O–H groups in total. The Bertz CT molecular complexity index is 785. The van der Waals surface area contributed by atoms with Gasteiger partial charge in [-0.3, -0.25) is 4.79 Å². The summed E-state index contributed by atoms with van der Waals surface area (Å²) in [5.41, 5.74) is 2.43. The largest absolute Gasteiger partial charge is 0.505 e. The Hall–Kier alpha value is -1.32. The van der Waals surface area contributed by atoms with Crippen molar-refractivity contribution in [3.8, 4) is 0 Å². The van der Waals surface area contributed by atoms with E-state index in [1.165, 1.54) is 56.9 Å². The predicted molar refractivity (Wildman–Crippen MR) is 147 cm³/mol. The predicted octanol–water partition coefficient (Wildman–Crippen LogP) is 9.08. The molecular weight excluding hydrogens is 448 g/mol.